The Morgan fingerprint density at radius 2 is 1.81 bits per heavy atom. The van der Waals surface area contributed by atoms with Crippen molar-refractivity contribution in [1.29, 1.82) is 0 Å². The number of amides is 1. The van der Waals surface area contributed by atoms with Crippen LogP contribution in [0.4, 0.5) is 13.2 Å². The number of carbonyl (C=O) groups excluding carboxylic acids is 1. The lowest BCUT2D eigenvalue weighted by Gasteiger charge is -2.16. The van der Waals surface area contributed by atoms with Crippen LogP contribution in [0.3, 0.4) is 0 Å². The molecule has 4 nitrogen and oxygen atoms in total. The molecule has 0 aliphatic rings. The molecule has 1 unspecified atom stereocenters. The summed E-state index contributed by atoms with van der Waals surface area (Å²) in [6, 6.07) is 13.8. The third-order valence-corrected chi connectivity index (χ3v) is 3.85. The van der Waals surface area contributed by atoms with E-state index in [1.807, 2.05) is 12.1 Å². The summed E-state index contributed by atoms with van der Waals surface area (Å²) >= 11 is 0. The predicted octanol–water partition coefficient (Wildman–Crippen LogP) is 4.62. The van der Waals surface area contributed by atoms with Crippen molar-refractivity contribution in [2.24, 2.45) is 0 Å². The predicted molar refractivity (Wildman–Crippen MR) is 90.7 cm³/mol. The Labute approximate surface area is 147 Å². The summed E-state index contributed by atoms with van der Waals surface area (Å²) in [5.41, 5.74) is 1.85. The lowest BCUT2D eigenvalue weighted by Crippen LogP contribution is -2.26. The maximum absolute atomic E-state index is 12.6. The summed E-state index contributed by atoms with van der Waals surface area (Å²) in [4.78, 5) is 16.8. The number of hydrogen-bond acceptors (Lipinski definition) is 3. The van der Waals surface area contributed by atoms with Gasteiger partial charge >= 0.3 is 6.36 Å². The second-order valence-electron chi connectivity index (χ2n) is 5.69. The number of carbonyl (C=O) groups is 1. The molecule has 1 amide bonds. The lowest BCUT2D eigenvalue weighted by atomic mass is 10.1. The van der Waals surface area contributed by atoms with Gasteiger partial charge in [-0.15, -0.1) is 13.2 Å². The summed E-state index contributed by atoms with van der Waals surface area (Å²) in [5, 5.41) is 3.57. The van der Waals surface area contributed by atoms with Crippen molar-refractivity contribution >= 4 is 16.8 Å². The minimum Gasteiger partial charge on any atom is -0.406 e. The number of pyridine rings is 1. The SMILES string of the molecule is CC(NC(=O)c1cccc2ncccc12)c1ccc(OC(F)(F)F)cc1. The fourth-order valence-electron chi connectivity index (χ4n) is 2.62. The molecule has 0 radical (unpaired) electrons. The van der Waals surface area contributed by atoms with Crippen LogP contribution >= 0.6 is 0 Å². The molecule has 3 rings (SSSR count). The Kier molecular flexibility index (Phi) is 4.79. The van der Waals surface area contributed by atoms with Crippen LogP contribution < -0.4 is 10.1 Å². The largest absolute Gasteiger partial charge is 0.573 e. The van der Waals surface area contributed by atoms with Crippen molar-refractivity contribution in [1.82, 2.24) is 10.3 Å². The highest BCUT2D eigenvalue weighted by atomic mass is 19.4. The molecule has 2 aromatic carbocycles. The Morgan fingerprint density at radius 1 is 1.08 bits per heavy atom. The molecule has 0 spiro atoms. The first-order valence-corrected chi connectivity index (χ1v) is 7.84. The minimum absolute atomic E-state index is 0.285. The van der Waals surface area contributed by atoms with Crippen LogP contribution in [0.25, 0.3) is 10.9 Å². The van der Waals surface area contributed by atoms with E-state index in [9.17, 15) is 18.0 Å². The second kappa shape index (κ2) is 7.03. The average molecular weight is 360 g/mol. The number of benzene rings is 2. The Hall–Kier alpha value is -3.09. The van der Waals surface area contributed by atoms with Gasteiger partial charge in [0.15, 0.2) is 0 Å². The van der Waals surface area contributed by atoms with Crippen molar-refractivity contribution in [3.05, 3.63) is 71.9 Å². The zero-order valence-electron chi connectivity index (χ0n) is 13.7. The van der Waals surface area contributed by atoms with E-state index < -0.39 is 12.4 Å². The van der Waals surface area contributed by atoms with E-state index in [1.165, 1.54) is 24.3 Å². The van der Waals surface area contributed by atoms with Crippen LogP contribution in [-0.4, -0.2) is 17.3 Å². The maximum atomic E-state index is 12.6. The molecule has 1 aromatic heterocycles. The first-order chi connectivity index (χ1) is 12.3. The Morgan fingerprint density at radius 3 is 2.50 bits per heavy atom. The van der Waals surface area contributed by atoms with Gasteiger partial charge < -0.3 is 10.1 Å². The minimum atomic E-state index is -4.73. The van der Waals surface area contributed by atoms with Gasteiger partial charge in [0.2, 0.25) is 0 Å². The van der Waals surface area contributed by atoms with Gasteiger partial charge in [0.1, 0.15) is 5.75 Å². The molecular weight excluding hydrogens is 345 g/mol. The number of nitrogens with one attached hydrogen (secondary N) is 1. The zero-order valence-corrected chi connectivity index (χ0v) is 13.7. The Balaban J connectivity index is 1.75. The topological polar surface area (TPSA) is 51.2 Å². The second-order valence-corrected chi connectivity index (χ2v) is 5.69. The Bertz CT molecular complexity index is 919. The van der Waals surface area contributed by atoms with Crippen LogP contribution in [0.2, 0.25) is 0 Å². The van der Waals surface area contributed by atoms with Gasteiger partial charge in [0.05, 0.1) is 11.6 Å². The number of rotatable bonds is 4. The van der Waals surface area contributed by atoms with Crippen LogP contribution in [0.15, 0.2) is 60.8 Å². The average Bonchev–Trinajstić information content (AvgIpc) is 2.60. The zero-order chi connectivity index (χ0) is 18.7. The summed E-state index contributed by atoms with van der Waals surface area (Å²) in [7, 11) is 0. The van der Waals surface area contributed by atoms with Gasteiger partial charge in [-0.3, -0.25) is 9.78 Å². The molecule has 0 aliphatic carbocycles. The fourth-order valence-corrected chi connectivity index (χ4v) is 2.62. The van der Waals surface area contributed by atoms with Crippen LogP contribution in [0.5, 0.6) is 5.75 Å². The van der Waals surface area contributed by atoms with Crippen molar-refractivity contribution in [3.8, 4) is 5.75 Å². The number of nitrogens with zero attached hydrogens (tertiary/aromatic N) is 1. The molecule has 134 valence electrons. The number of fused-ring (bicyclic) bond motifs is 1. The number of ether oxygens (including phenoxy) is 1. The quantitative estimate of drug-likeness (QED) is 0.738. The van der Waals surface area contributed by atoms with Gasteiger partial charge in [-0.1, -0.05) is 24.3 Å². The number of hydrogen-bond donors (Lipinski definition) is 1. The molecular formula is C19H15F3N2O2. The summed E-state index contributed by atoms with van der Waals surface area (Å²) in [6.45, 7) is 1.75. The fraction of sp³-hybridized carbons (Fsp3) is 0.158. The number of halogens is 3. The van der Waals surface area contributed by atoms with E-state index in [4.69, 9.17) is 0 Å². The highest BCUT2D eigenvalue weighted by Crippen LogP contribution is 2.25. The molecule has 26 heavy (non-hydrogen) atoms. The third kappa shape index (κ3) is 4.11. The van der Waals surface area contributed by atoms with Crippen LogP contribution in [0.1, 0.15) is 28.9 Å². The van der Waals surface area contributed by atoms with E-state index in [-0.39, 0.29) is 11.7 Å². The first-order valence-electron chi connectivity index (χ1n) is 7.84. The maximum Gasteiger partial charge on any atom is 0.573 e. The third-order valence-electron chi connectivity index (χ3n) is 3.85. The molecule has 0 fully saturated rings. The van der Waals surface area contributed by atoms with Gasteiger partial charge in [0, 0.05) is 17.1 Å². The van der Waals surface area contributed by atoms with Crippen LogP contribution in [-0.2, 0) is 0 Å². The standard InChI is InChI=1S/C19H15F3N2O2/c1-12(13-7-9-14(10-8-13)26-19(20,21)22)24-18(25)16-4-2-6-17-15(16)5-3-11-23-17/h2-12H,1H3,(H,24,25). The molecule has 0 saturated heterocycles. The van der Waals surface area contributed by atoms with Crippen molar-refractivity contribution in [2.75, 3.05) is 0 Å². The molecule has 3 aromatic rings. The van der Waals surface area contributed by atoms with E-state index in [0.717, 1.165) is 5.39 Å². The molecule has 0 bridgehead atoms. The highest BCUT2D eigenvalue weighted by molar-refractivity contribution is 6.06. The number of aromatic nitrogens is 1. The van der Waals surface area contributed by atoms with E-state index >= 15 is 0 Å². The monoisotopic (exact) mass is 360 g/mol. The highest BCUT2D eigenvalue weighted by Gasteiger charge is 2.31. The molecule has 1 atom stereocenters. The summed E-state index contributed by atoms with van der Waals surface area (Å²) in [5.74, 6) is -0.591. The van der Waals surface area contributed by atoms with Crippen molar-refractivity contribution in [3.63, 3.8) is 0 Å². The van der Waals surface area contributed by atoms with Gasteiger partial charge in [-0.25, -0.2) is 0 Å². The van der Waals surface area contributed by atoms with Crippen molar-refractivity contribution in [2.45, 2.75) is 19.3 Å². The molecule has 1 heterocycles. The lowest BCUT2D eigenvalue weighted by molar-refractivity contribution is -0.274. The van der Waals surface area contributed by atoms with Gasteiger partial charge in [-0.2, -0.15) is 0 Å². The van der Waals surface area contributed by atoms with E-state index in [1.54, 1.807) is 31.3 Å². The van der Waals surface area contributed by atoms with E-state index in [2.05, 4.69) is 15.0 Å². The van der Waals surface area contributed by atoms with E-state index in [0.29, 0.717) is 16.6 Å². The summed E-state index contributed by atoms with van der Waals surface area (Å²) < 4.78 is 40.5. The molecule has 0 aliphatic heterocycles. The molecule has 0 saturated carbocycles. The normalized spacial score (nSPS) is 12.6. The first kappa shape index (κ1) is 17.7. The molecule has 7 heteroatoms. The van der Waals surface area contributed by atoms with Crippen molar-refractivity contribution < 1.29 is 22.7 Å². The van der Waals surface area contributed by atoms with Gasteiger partial charge in [-0.05, 0) is 42.8 Å². The number of alkyl halides is 3. The summed E-state index contributed by atoms with van der Waals surface area (Å²) in [6.07, 6.45) is -3.08. The van der Waals surface area contributed by atoms with Gasteiger partial charge in [0.25, 0.3) is 5.91 Å². The smallest absolute Gasteiger partial charge is 0.406 e. The van der Waals surface area contributed by atoms with Crippen LogP contribution in [0, 0.1) is 0 Å². The molecule has 1 N–H and O–H groups in total.